The molecule has 0 aromatic heterocycles. The molecule has 0 atom stereocenters. The minimum atomic E-state index is -2.93. The summed E-state index contributed by atoms with van der Waals surface area (Å²) >= 11 is 0. The molecule has 0 spiro atoms. The van der Waals surface area contributed by atoms with Crippen molar-refractivity contribution in [1.29, 1.82) is 0 Å². The van der Waals surface area contributed by atoms with Crippen LogP contribution in [0.5, 0.6) is 5.75 Å². The van der Waals surface area contributed by atoms with Crippen LogP contribution >= 0.6 is 0 Å². The number of carbonyl (C=O) groups excluding carboxylic acids is 2. The molecular formula is C14H12F2O3. The Morgan fingerprint density at radius 3 is 2.32 bits per heavy atom. The van der Waals surface area contributed by atoms with Gasteiger partial charge in [-0.2, -0.15) is 8.78 Å². The average molecular weight is 266 g/mol. The molecule has 100 valence electrons. The highest BCUT2D eigenvalue weighted by Crippen LogP contribution is 2.16. The third kappa shape index (κ3) is 4.13. The van der Waals surface area contributed by atoms with Gasteiger partial charge in [-0.1, -0.05) is 18.7 Å². The standard InChI is InChI=1S/C14H12F2O3/c1-3-4-9(2)12(17)13(18)10-5-7-11(8-6-10)19-14(15)16/h3-8,14H,1H2,2H3/b9-4+. The second-order valence-electron chi connectivity index (χ2n) is 3.65. The molecule has 5 heteroatoms. The second kappa shape index (κ2) is 6.58. The van der Waals surface area contributed by atoms with Gasteiger partial charge in [-0.3, -0.25) is 9.59 Å². The predicted octanol–water partition coefficient (Wildman–Crippen LogP) is 3.17. The van der Waals surface area contributed by atoms with Gasteiger partial charge in [0.1, 0.15) is 5.75 Å². The first kappa shape index (κ1) is 14.8. The van der Waals surface area contributed by atoms with E-state index in [4.69, 9.17) is 0 Å². The Bertz CT molecular complexity index is 516. The van der Waals surface area contributed by atoms with Gasteiger partial charge in [0.2, 0.25) is 11.6 Å². The minimum absolute atomic E-state index is 0.0719. The van der Waals surface area contributed by atoms with Crippen molar-refractivity contribution >= 4 is 11.6 Å². The van der Waals surface area contributed by atoms with E-state index in [1.54, 1.807) is 0 Å². The molecule has 0 bridgehead atoms. The summed E-state index contributed by atoms with van der Waals surface area (Å²) in [5.41, 5.74) is 0.372. The van der Waals surface area contributed by atoms with Crippen molar-refractivity contribution < 1.29 is 23.1 Å². The molecule has 0 heterocycles. The normalized spacial score (nSPS) is 11.3. The molecular weight excluding hydrogens is 254 g/mol. The Labute approximate surface area is 109 Å². The summed E-state index contributed by atoms with van der Waals surface area (Å²) < 4.78 is 28.0. The van der Waals surface area contributed by atoms with Crippen molar-refractivity contribution in [1.82, 2.24) is 0 Å². The number of halogens is 2. The third-order valence-electron chi connectivity index (χ3n) is 2.27. The van der Waals surface area contributed by atoms with Crippen LogP contribution in [0.3, 0.4) is 0 Å². The smallest absolute Gasteiger partial charge is 0.387 e. The van der Waals surface area contributed by atoms with Crippen molar-refractivity contribution in [2.45, 2.75) is 13.5 Å². The van der Waals surface area contributed by atoms with E-state index in [1.165, 1.54) is 43.3 Å². The fourth-order valence-electron chi connectivity index (χ4n) is 1.35. The molecule has 1 rings (SSSR count). The zero-order valence-electron chi connectivity index (χ0n) is 10.2. The van der Waals surface area contributed by atoms with Crippen LogP contribution in [0.25, 0.3) is 0 Å². The van der Waals surface area contributed by atoms with Crippen LogP contribution < -0.4 is 4.74 Å². The number of Topliss-reactive ketones (excluding diaryl/α,β-unsaturated/α-hetero) is 2. The SMILES string of the molecule is C=C/C=C(\C)C(=O)C(=O)c1ccc(OC(F)F)cc1. The second-order valence-corrected chi connectivity index (χ2v) is 3.65. The topological polar surface area (TPSA) is 43.4 Å². The van der Waals surface area contributed by atoms with Gasteiger partial charge in [0.25, 0.3) is 0 Å². The van der Waals surface area contributed by atoms with Crippen LogP contribution in [0.15, 0.2) is 48.6 Å². The molecule has 0 N–H and O–H groups in total. The van der Waals surface area contributed by atoms with Crippen molar-refractivity contribution in [3.8, 4) is 5.75 Å². The molecule has 0 amide bonds. The molecule has 1 aromatic carbocycles. The first-order valence-corrected chi connectivity index (χ1v) is 5.39. The van der Waals surface area contributed by atoms with E-state index in [9.17, 15) is 18.4 Å². The summed E-state index contributed by atoms with van der Waals surface area (Å²) in [7, 11) is 0. The van der Waals surface area contributed by atoms with Crippen molar-refractivity contribution in [3.63, 3.8) is 0 Å². The molecule has 3 nitrogen and oxygen atoms in total. The Morgan fingerprint density at radius 1 is 1.26 bits per heavy atom. The quantitative estimate of drug-likeness (QED) is 0.344. The van der Waals surface area contributed by atoms with Gasteiger partial charge in [0, 0.05) is 11.1 Å². The van der Waals surface area contributed by atoms with E-state index < -0.39 is 18.2 Å². The largest absolute Gasteiger partial charge is 0.435 e. The van der Waals surface area contributed by atoms with Gasteiger partial charge in [0.05, 0.1) is 0 Å². The van der Waals surface area contributed by atoms with E-state index >= 15 is 0 Å². The fourth-order valence-corrected chi connectivity index (χ4v) is 1.35. The number of hydrogen-bond acceptors (Lipinski definition) is 3. The van der Waals surface area contributed by atoms with E-state index in [2.05, 4.69) is 11.3 Å². The van der Waals surface area contributed by atoms with E-state index in [0.29, 0.717) is 0 Å². The molecule has 0 saturated heterocycles. The molecule has 0 aliphatic heterocycles. The number of carbonyl (C=O) groups is 2. The molecule has 19 heavy (non-hydrogen) atoms. The van der Waals surface area contributed by atoms with Crippen molar-refractivity contribution in [3.05, 3.63) is 54.1 Å². The molecule has 1 aromatic rings. The number of rotatable bonds is 6. The van der Waals surface area contributed by atoms with Crippen molar-refractivity contribution in [2.75, 3.05) is 0 Å². The predicted molar refractivity (Wildman–Crippen MR) is 66.4 cm³/mol. The lowest BCUT2D eigenvalue weighted by atomic mass is 10.0. The van der Waals surface area contributed by atoms with Crippen molar-refractivity contribution in [2.24, 2.45) is 0 Å². The first-order chi connectivity index (χ1) is 8.95. The van der Waals surface area contributed by atoms with E-state index in [0.717, 1.165) is 0 Å². The highest BCUT2D eigenvalue weighted by molar-refractivity contribution is 6.49. The molecule has 0 saturated carbocycles. The maximum Gasteiger partial charge on any atom is 0.387 e. The molecule has 0 radical (unpaired) electrons. The van der Waals surface area contributed by atoms with Gasteiger partial charge in [-0.05, 0) is 31.2 Å². The minimum Gasteiger partial charge on any atom is -0.435 e. The van der Waals surface area contributed by atoms with E-state index in [1.807, 2.05) is 0 Å². The Morgan fingerprint density at radius 2 is 1.84 bits per heavy atom. The molecule has 0 unspecified atom stereocenters. The average Bonchev–Trinajstić information content (AvgIpc) is 2.37. The maximum atomic E-state index is 11.9. The Hall–Kier alpha value is -2.30. The number of ketones is 2. The van der Waals surface area contributed by atoms with Crippen LogP contribution in [0, 0.1) is 0 Å². The maximum absolute atomic E-state index is 11.9. The van der Waals surface area contributed by atoms with E-state index in [-0.39, 0.29) is 16.9 Å². The zero-order valence-corrected chi connectivity index (χ0v) is 10.2. The van der Waals surface area contributed by atoms with Crippen LogP contribution in [0.1, 0.15) is 17.3 Å². The van der Waals surface area contributed by atoms with Gasteiger partial charge < -0.3 is 4.74 Å². The van der Waals surface area contributed by atoms with Gasteiger partial charge >= 0.3 is 6.61 Å². The summed E-state index contributed by atoms with van der Waals surface area (Å²) in [6.07, 6.45) is 2.83. The number of allylic oxidation sites excluding steroid dienone is 3. The first-order valence-electron chi connectivity index (χ1n) is 5.39. The summed E-state index contributed by atoms with van der Waals surface area (Å²) in [5, 5.41) is 0. The zero-order chi connectivity index (χ0) is 14.4. The van der Waals surface area contributed by atoms with Crippen LogP contribution in [0.2, 0.25) is 0 Å². The molecule has 0 aliphatic rings. The third-order valence-corrected chi connectivity index (χ3v) is 2.27. The van der Waals surface area contributed by atoms with Gasteiger partial charge in [-0.15, -0.1) is 0 Å². The highest BCUT2D eigenvalue weighted by Gasteiger charge is 2.17. The summed E-state index contributed by atoms with van der Waals surface area (Å²) in [6.45, 7) is 1.99. The lowest BCUT2D eigenvalue weighted by Crippen LogP contribution is -2.15. The lowest BCUT2D eigenvalue weighted by molar-refractivity contribution is -0.111. The monoisotopic (exact) mass is 266 g/mol. The van der Waals surface area contributed by atoms with Crippen LogP contribution in [-0.4, -0.2) is 18.2 Å². The number of benzene rings is 1. The van der Waals surface area contributed by atoms with Gasteiger partial charge in [-0.25, -0.2) is 0 Å². The summed E-state index contributed by atoms with van der Waals surface area (Å²) in [4.78, 5) is 23.5. The van der Waals surface area contributed by atoms with Crippen LogP contribution in [0.4, 0.5) is 8.78 Å². The van der Waals surface area contributed by atoms with Gasteiger partial charge in [0.15, 0.2) is 0 Å². The molecule has 0 fully saturated rings. The Kier molecular flexibility index (Phi) is 5.11. The summed E-state index contributed by atoms with van der Waals surface area (Å²) in [5.74, 6) is -1.45. The lowest BCUT2D eigenvalue weighted by Gasteiger charge is -2.05. The number of hydrogen-bond donors (Lipinski definition) is 0. The molecule has 0 aliphatic carbocycles. The summed E-state index contributed by atoms with van der Waals surface area (Å²) in [6, 6.07) is 4.94. The number of alkyl halides is 2. The van der Waals surface area contributed by atoms with Crippen LogP contribution in [-0.2, 0) is 4.79 Å². The Balaban J connectivity index is 2.86. The highest BCUT2D eigenvalue weighted by atomic mass is 19.3. The fraction of sp³-hybridized carbons (Fsp3) is 0.143. The number of ether oxygens (including phenoxy) is 1.